The van der Waals surface area contributed by atoms with Crippen LogP contribution in [0.5, 0.6) is 0 Å². The van der Waals surface area contributed by atoms with E-state index in [4.69, 9.17) is 11.6 Å². The maximum absolute atomic E-state index is 13.2. The highest BCUT2D eigenvalue weighted by atomic mass is 35.5. The molecule has 5 heteroatoms. The number of hydrogen-bond acceptors (Lipinski definition) is 3. The van der Waals surface area contributed by atoms with Crippen molar-refractivity contribution in [2.45, 2.75) is 19.1 Å². The Morgan fingerprint density at radius 2 is 1.85 bits per heavy atom. The van der Waals surface area contributed by atoms with Gasteiger partial charge in [0.25, 0.3) is 5.91 Å². The van der Waals surface area contributed by atoms with E-state index in [1.165, 1.54) is 10.4 Å². The van der Waals surface area contributed by atoms with Crippen molar-refractivity contribution in [3.63, 3.8) is 0 Å². The highest BCUT2D eigenvalue weighted by Gasteiger charge is 2.33. The number of nitrogens with zero attached hydrogens (tertiary/aromatic N) is 1. The van der Waals surface area contributed by atoms with E-state index in [2.05, 4.69) is 11.4 Å². The van der Waals surface area contributed by atoms with Crippen LogP contribution in [-0.4, -0.2) is 22.5 Å². The standard InChI is InChI=1S/C21H18ClNO2S/c22-17-7-5-15(6-8-17)20-18-10-12-26-19(18)9-11-23(20)21(25)16-3-1-14(13-24)2-4-16/h1-8,10,12,20,24H,9,11,13H2. The number of rotatable bonds is 3. The zero-order chi connectivity index (χ0) is 18.1. The van der Waals surface area contributed by atoms with Gasteiger partial charge in [-0.05, 0) is 58.8 Å². The van der Waals surface area contributed by atoms with Crippen molar-refractivity contribution in [3.8, 4) is 0 Å². The molecule has 1 N–H and O–H groups in total. The van der Waals surface area contributed by atoms with Crippen LogP contribution in [0.25, 0.3) is 0 Å². The molecular weight excluding hydrogens is 366 g/mol. The lowest BCUT2D eigenvalue weighted by Gasteiger charge is -2.36. The van der Waals surface area contributed by atoms with Crippen LogP contribution in [0.3, 0.4) is 0 Å². The SMILES string of the molecule is O=C(c1ccc(CO)cc1)N1CCc2sccc2C1c1ccc(Cl)cc1. The van der Waals surface area contributed by atoms with E-state index < -0.39 is 0 Å². The van der Waals surface area contributed by atoms with Gasteiger partial charge in [-0.25, -0.2) is 0 Å². The summed E-state index contributed by atoms with van der Waals surface area (Å²) < 4.78 is 0. The molecule has 132 valence electrons. The zero-order valence-electron chi connectivity index (χ0n) is 14.1. The van der Waals surface area contributed by atoms with Crippen LogP contribution < -0.4 is 0 Å². The molecule has 3 nitrogen and oxygen atoms in total. The van der Waals surface area contributed by atoms with E-state index in [9.17, 15) is 9.90 Å². The van der Waals surface area contributed by atoms with Crippen LogP contribution in [0.15, 0.2) is 60.0 Å². The molecule has 2 heterocycles. The van der Waals surface area contributed by atoms with Crippen LogP contribution in [0.4, 0.5) is 0 Å². The molecule has 1 aliphatic heterocycles. The summed E-state index contributed by atoms with van der Waals surface area (Å²) in [4.78, 5) is 16.5. The Labute approximate surface area is 161 Å². The lowest BCUT2D eigenvalue weighted by atomic mass is 9.92. The van der Waals surface area contributed by atoms with E-state index in [0.717, 1.165) is 17.5 Å². The van der Waals surface area contributed by atoms with E-state index in [0.29, 0.717) is 17.1 Å². The van der Waals surface area contributed by atoms with Gasteiger partial charge in [0.15, 0.2) is 0 Å². The summed E-state index contributed by atoms with van der Waals surface area (Å²) in [6.45, 7) is 0.658. The molecule has 0 spiro atoms. The quantitative estimate of drug-likeness (QED) is 0.713. The predicted molar refractivity (Wildman–Crippen MR) is 105 cm³/mol. The van der Waals surface area contributed by atoms with Gasteiger partial charge in [0.2, 0.25) is 0 Å². The van der Waals surface area contributed by atoms with Crippen molar-refractivity contribution in [1.82, 2.24) is 4.90 Å². The van der Waals surface area contributed by atoms with Gasteiger partial charge in [-0.2, -0.15) is 0 Å². The number of benzene rings is 2. The molecule has 1 amide bonds. The predicted octanol–water partition coefficient (Wildman–Crippen LogP) is 4.68. The van der Waals surface area contributed by atoms with Gasteiger partial charge >= 0.3 is 0 Å². The van der Waals surface area contributed by atoms with E-state index >= 15 is 0 Å². The number of carbonyl (C=O) groups is 1. The maximum Gasteiger partial charge on any atom is 0.254 e. The second-order valence-corrected chi connectivity index (χ2v) is 7.79. The fourth-order valence-electron chi connectivity index (χ4n) is 3.46. The summed E-state index contributed by atoms with van der Waals surface area (Å²) in [5, 5.41) is 12.0. The van der Waals surface area contributed by atoms with Crippen LogP contribution >= 0.6 is 22.9 Å². The molecule has 1 aliphatic rings. The Balaban J connectivity index is 1.73. The summed E-state index contributed by atoms with van der Waals surface area (Å²) in [5.74, 6) is 0.00582. The van der Waals surface area contributed by atoms with Gasteiger partial charge in [-0.15, -0.1) is 11.3 Å². The molecule has 2 aromatic carbocycles. The van der Waals surface area contributed by atoms with Crippen molar-refractivity contribution in [3.05, 3.63) is 92.1 Å². The molecule has 0 radical (unpaired) electrons. The molecule has 3 aromatic rings. The molecule has 26 heavy (non-hydrogen) atoms. The minimum Gasteiger partial charge on any atom is -0.392 e. The highest BCUT2D eigenvalue weighted by Crippen LogP contribution is 2.38. The average Bonchev–Trinajstić information content (AvgIpc) is 3.16. The minimum absolute atomic E-state index is 0.00582. The summed E-state index contributed by atoms with van der Waals surface area (Å²) in [5.41, 5.74) is 3.70. The minimum atomic E-state index is -0.104. The molecule has 0 saturated heterocycles. The fourth-order valence-corrected chi connectivity index (χ4v) is 4.49. The largest absolute Gasteiger partial charge is 0.392 e. The number of thiophene rings is 1. The van der Waals surface area contributed by atoms with Gasteiger partial charge in [0.1, 0.15) is 0 Å². The second kappa shape index (κ2) is 7.23. The third kappa shape index (κ3) is 3.16. The Morgan fingerprint density at radius 1 is 1.12 bits per heavy atom. The first kappa shape index (κ1) is 17.3. The van der Waals surface area contributed by atoms with Crippen LogP contribution in [-0.2, 0) is 13.0 Å². The lowest BCUT2D eigenvalue weighted by Crippen LogP contribution is -2.40. The van der Waals surface area contributed by atoms with Gasteiger partial charge in [0, 0.05) is 22.0 Å². The molecule has 0 aliphatic carbocycles. The monoisotopic (exact) mass is 383 g/mol. The van der Waals surface area contributed by atoms with Crippen LogP contribution in [0.2, 0.25) is 5.02 Å². The maximum atomic E-state index is 13.2. The number of amides is 1. The van der Waals surface area contributed by atoms with Gasteiger partial charge in [0.05, 0.1) is 12.6 Å². The molecule has 1 atom stereocenters. The van der Waals surface area contributed by atoms with Gasteiger partial charge < -0.3 is 10.0 Å². The summed E-state index contributed by atoms with van der Waals surface area (Å²) in [7, 11) is 0. The van der Waals surface area contributed by atoms with Crippen LogP contribution in [0.1, 0.15) is 38.0 Å². The number of hydrogen-bond donors (Lipinski definition) is 1. The van der Waals surface area contributed by atoms with Gasteiger partial charge in [-0.3, -0.25) is 4.79 Å². The number of aliphatic hydroxyl groups is 1. The number of halogens is 1. The molecule has 1 aromatic heterocycles. The average molecular weight is 384 g/mol. The molecule has 0 bridgehead atoms. The highest BCUT2D eigenvalue weighted by molar-refractivity contribution is 7.10. The zero-order valence-corrected chi connectivity index (χ0v) is 15.6. The Bertz CT molecular complexity index is 918. The van der Waals surface area contributed by atoms with Crippen molar-refractivity contribution in [2.24, 2.45) is 0 Å². The number of aliphatic hydroxyl groups excluding tert-OH is 1. The third-order valence-corrected chi connectivity index (χ3v) is 6.04. The fraction of sp³-hybridized carbons (Fsp3) is 0.190. The smallest absolute Gasteiger partial charge is 0.254 e. The third-order valence-electron chi connectivity index (χ3n) is 4.80. The number of carbonyl (C=O) groups excluding carboxylic acids is 1. The van der Waals surface area contributed by atoms with Gasteiger partial charge in [-0.1, -0.05) is 35.9 Å². The van der Waals surface area contributed by atoms with Crippen molar-refractivity contribution in [1.29, 1.82) is 0 Å². The molecule has 4 rings (SSSR count). The first-order valence-electron chi connectivity index (χ1n) is 8.50. The van der Waals surface area contributed by atoms with Crippen molar-refractivity contribution >= 4 is 28.8 Å². The lowest BCUT2D eigenvalue weighted by molar-refractivity contribution is 0.0696. The molecule has 1 unspecified atom stereocenters. The van der Waals surface area contributed by atoms with E-state index in [-0.39, 0.29) is 18.6 Å². The van der Waals surface area contributed by atoms with E-state index in [1.54, 1.807) is 35.6 Å². The summed E-state index contributed by atoms with van der Waals surface area (Å²) in [6, 6.07) is 16.9. The Kier molecular flexibility index (Phi) is 4.81. The molecule has 0 saturated carbocycles. The summed E-state index contributed by atoms with van der Waals surface area (Å²) >= 11 is 7.80. The van der Waals surface area contributed by atoms with E-state index in [1.807, 2.05) is 29.2 Å². The number of fused-ring (bicyclic) bond motifs is 1. The van der Waals surface area contributed by atoms with Crippen LogP contribution in [0, 0.1) is 0 Å². The topological polar surface area (TPSA) is 40.5 Å². The Hall–Kier alpha value is -2.14. The molecule has 0 fully saturated rings. The first-order chi connectivity index (χ1) is 12.7. The van der Waals surface area contributed by atoms with Crippen molar-refractivity contribution in [2.75, 3.05) is 6.54 Å². The first-order valence-corrected chi connectivity index (χ1v) is 9.75. The summed E-state index contributed by atoms with van der Waals surface area (Å²) in [6.07, 6.45) is 0.873. The van der Waals surface area contributed by atoms with Crippen molar-refractivity contribution < 1.29 is 9.90 Å². The molecular formula is C21H18ClNO2S. The normalized spacial score (nSPS) is 16.4. The second-order valence-electron chi connectivity index (χ2n) is 6.36. The Morgan fingerprint density at radius 3 is 2.54 bits per heavy atom.